The van der Waals surface area contributed by atoms with Gasteiger partial charge in [-0.3, -0.25) is 9.59 Å². The molecule has 1 N–H and O–H groups in total. The van der Waals surface area contributed by atoms with Gasteiger partial charge < -0.3 is 19.0 Å². The summed E-state index contributed by atoms with van der Waals surface area (Å²) >= 11 is 0. The Kier molecular flexibility index (Phi) is 4.35. The number of aromatic nitrogens is 1. The number of rotatable bonds is 4. The van der Waals surface area contributed by atoms with Crippen molar-refractivity contribution >= 4 is 16.9 Å². The molecule has 1 aliphatic rings. The van der Waals surface area contributed by atoms with E-state index in [9.17, 15) is 9.59 Å². The van der Waals surface area contributed by atoms with E-state index in [4.69, 9.17) is 13.7 Å². The second-order valence-electron chi connectivity index (χ2n) is 7.29. The summed E-state index contributed by atoms with van der Waals surface area (Å²) in [7, 11) is 0. The van der Waals surface area contributed by atoms with Gasteiger partial charge in [0, 0.05) is 24.1 Å². The zero-order valence-corrected chi connectivity index (χ0v) is 16.2. The molecular formula is C23H18N2O5. The molecule has 5 rings (SSSR count). The number of para-hydroxylation sites is 1. The molecule has 1 unspecified atom stereocenters. The highest BCUT2D eigenvalue weighted by atomic mass is 16.5. The van der Waals surface area contributed by atoms with Gasteiger partial charge in [-0.1, -0.05) is 17.3 Å². The van der Waals surface area contributed by atoms with Crippen LogP contribution in [-0.2, 0) is 13.0 Å². The molecule has 4 aromatic rings. The summed E-state index contributed by atoms with van der Waals surface area (Å²) in [6.45, 7) is 2.18. The van der Waals surface area contributed by atoms with E-state index in [1.807, 2.05) is 25.1 Å². The minimum atomic E-state index is -0.494. The average molecular weight is 402 g/mol. The molecule has 0 bridgehead atoms. The Hall–Kier alpha value is -3.87. The molecule has 3 heterocycles. The molecule has 0 radical (unpaired) electrons. The molecule has 0 fully saturated rings. The van der Waals surface area contributed by atoms with Crippen LogP contribution in [0.25, 0.3) is 22.3 Å². The van der Waals surface area contributed by atoms with E-state index in [-0.39, 0.29) is 23.8 Å². The Morgan fingerprint density at radius 1 is 1.17 bits per heavy atom. The SMILES string of the molecule is CC1Cc2cc(-c3cc(CNC(=O)c4cc(=O)c5ccccc5o4)no3)ccc2O1. The first-order valence-electron chi connectivity index (χ1n) is 9.63. The number of amides is 1. The van der Waals surface area contributed by atoms with Crippen molar-refractivity contribution in [2.45, 2.75) is 26.0 Å². The van der Waals surface area contributed by atoms with Crippen molar-refractivity contribution in [3.63, 3.8) is 0 Å². The average Bonchev–Trinajstić information content (AvgIpc) is 3.37. The quantitative estimate of drug-likeness (QED) is 0.559. The molecule has 2 aromatic heterocycles. The molecule has 0 spiro atoms. The second-order valence-corrected chi connectivity index (χ2v) is 7.29. The van der Waals surface area contributed by atoms with Crippen LogP contribution in [0.5, 0.6) is 5.75 Å². The van der Waals surface area contributed by atoms with E-state index in [0.717, 1.165) is 23.3 Å². The Balaban J connectivity index is 1.30. The van der Waals surface area contributed by atoms with Crippen LogP contribution in [0.1, 0.15) is 28.7 Å². The van der Waals surface area contributed by atoms with Crippen molar-refractivity contribution in [3.8, 4) is 17.1 Å². The summed E-state index contributed by atoms with van der Waals surface area (Å²) in [5, 5.41) is 7.16. The lowest BCUT2D eigenvalue weighted by Crippen LogP contribution is -2.24. The van der Waals surface area contributed by atoms with E-state index in [2.05, 4.69) is 10.5 Å². The monoisotopic (exact) mass is 402 g/mol. The van der Waals surface area contributed by atoms with Gasteiger partial charge in [0.15, 0.2) is 16.9 Å². The Morgan fingerprint density at radius 3 is 2.93 bits per heavy atom. The number of fused-ring (bicyclic) bond motifs is 2. The van der Waals surface area contributed by atoms with Crippen molar-refractivity contribution in [1.29, 1.82) is 0 Å². The molecule has 0 aliphatic carbocycles. The van der Waals surface area contributed by atoms with Gasteiger partial charge in [-0.2, -0.15) is 0 Å². The number of benzene rings is 2. The van der Waals surface area contributed by atoms with Crippen LogP contribution in [0.3, 0.4) is 0 Å². The number of hydrogen-bond acceptors (Lipinski definition) is 6. The number of nitrogens with one attached hydrogen (secondary N) is 1. The molecular weight excluding hydrogens is 384 g/mol. The summed E-state index contributed by atoms with van der Waals surface area (Å²) in [5.74, 6) is 0.968. The summed E-state index contributed by atoms with van der Waals surface area (Å²) < 4.78 is 16.7. The van der Waals surface area contributed by atoms with Crippen LogP contribution in [0.4, 0.5) is 0 Å². The molecule has 0 saturated heterocycles. The first-order valence-corrected chi connectivity index (χ1v) is 9.63. The van der Waals surface area contributed by atoms with Crippen LogP contribution < -0.4 is 15.5 Å². The number of hydrogen-bond donors (Lipinski definition) is 1. The Morgan fingerprint density at radius 2 is 2.03 bits per heavy atom. The van der Waals surface area contributed by atoms with E-state index < -0.39 is 5.91 Å². The molecule has 1 atom stereocenters. The van der Waals surface area contributed by atoms with Crippen molar-refractivity contribution in [2.24, 2.45) is 0 Å². The zero-order chi connectivity index (χ0) is 20.7. The van der Waals surface area contributed by atoms with Crippen LogP contribution in [0.15, 0.2) is 68.3 Å². The maximum Gasteiger partial charge on any atom is 0.287 e. The van der Waals surface area contributed by atoms with Gasteiger partial charge in [-0.05, 0) is 42.8 Å². The van der Waals surface area contributed by atoms with Crippen molar-refractivity contribution in [2.75, 3.05) is 0 Å². The van der Waals surface area contributed by atoms with Crippen LogP contribution in [0.2, 0.25) is 0 Å². The largest absolute Gasteiger partial charge is 0.490 e. The Bertz CT molecular complexity index is 1320. The van der Waals surface area contributed by atoms with Gasteiger partial charge in [-0.15, -0.1) is 0 Å². The molecule has 7 nitrogen and oxygen atoms in total. The molecule has 30 heavy (non-hydrogen) atoms. The highest BCUT2D eigenvalue weighted by Gasteiger charge is 2.20. The van der Waals surface area contributed by atoms with E-state index in [1.165, 1.54) is 6.07 Å². The van der Waals surface area contributed by atoms with Crippen molar-refractivity contribution < 1.29 is 18.5 Å². The fraction of sp³-hybridized carbons (Fsp3) is 0.174. The Labute approximate surface area is 171 Å². The summed E-state index contributed by atoms with van der Waals surface area (Å²) in [6.07, 6.45) is 1.03. The first-order chi connectivity index (χ1) is 14.6. The molecule has 150 valence electrons. The summed E-state index contributed by atoms with van der Waals surface area (Å²) in [6, 6.07) is 15.7. The van der Waals surface area contributed by atoms with Gasteiger partial charge in [0.25, 0.3) is 5.91 Å². The van der Waals surface area contributed by atoms with Gasteiger partial charge in [-0.25, -0.2) is 0 Å². The predicted octanol–water partition coefficient (Wildman–Crippen LogP) is 3.70. The standard InChI is InChI=1S/C23H18N2O5/c1-13-8-15-9-14(6-7-19(15)28-13)21-10-16(25-30-21)12-24-23(27)22-11-18(26)17-4-2-3-5-20(17)29-22/h2-7,9-11,13H,8,12H2,1H3,(H,24,27). The molecule has 7 heteroatoms. The number of nitrogens with zero attached hydrogens (tertiary/aromatic N) is 1. The van der Waals surface area contributed by atoms with E-state index in [1.54, 1.807) is 30.3 Å². The van der Waals surface area contributed by atoms with Gasteiger partial charge in [0.1, 0.15) is 23.1 Å². The summed E-state index contributed by atoms with van der Waals surface area (Å²) in [5.41, 5.74) is 2.70. The minimum absolute atomic E-state index is 0.0461. The van der Waals surface area contributed by atoms with Crippen LogP contribution >= 0.6 is 0 Å². The van der Waals surface area contributed by atoms with Crippen molar-refractivity contribution in [1.82, 2.24) is 10.5 Å². The molecule has 0 saturated carbocycles. The fourth-order valence-corrected chi connectivity index (χ4v) is 3.58. The number of carbonyl (C=O) groups is 1. The van der Waals surface area contributed by atoms with E-state index in [0.29, 0.717) is 22.4 Å². The predicted molar refractivity (Wildman–Crippen MR) is 109 cm³/mol. The zero-order valence-electron chi connectivity index (χ0n) is 16.2. The van der Waals surface area contributed by atoms with E-state index >= 15 is 0 Å². The topological polar surface area (TPSA) is 94.6 Å². The minimum Gasteiger partial charge on any atom is -0.490 e. The molecule has 1 aliphatic heterocycles. The second kappa shape index (κ2) is 7.18. The lowest BCUT2D eigenvalue weighted by atomic mass is 10.1. The summed E-state index contributed by atoms with van der Waals surface area (Å²) in [4.78, 5) is 24.6. The van der Waals surface area contributed by atoms with Gasteiger partial charge in [0.05, 0.1) is 11.9 Å². The lowest BCUT2D eigenvalue weighted by molar-refractivity contribution is 0.0923. The third-order valence-corrected chi connectivity index (χ3v) is 5.03. The smallest absolute Gasteiger partial charge is 0.287 e. The maximum atomic E-state index is 12.4. The third-order valence-electron chi connectivity index (χ3n) is 5.03. The third kappa shape index (κ3) is 3.34. The normalized spacial score (nSPS) is 15.0. The van der Waals surface area contributed by atoms with Gasteiger partial charge >= 0.3 is 0 Å². The van der Waals surface area contributed by atoms with Crippen LogP contribution in [0, 0.1) is 0 Å². The lowest BCUT2D eigenvalue weighted by Gasteiger charge is -2.03. The molecule has 2 aromatic carbocycles. The van der Waals surface area contributed by atoms with Crippen LogP contribution in [-0.4, -0.2) is 17.2 Å². The fourth-order valence-electron chi connectivity index (χ4n) is 3.58. The highest BCUT2D eigenvalue weighted by Crippen LogP contribution is 2.33. The number of carbonyl (C=O) groups excluding carboxylic acids is 1. The maximum absolute atomic E-state index is 12.4. The highest BCUT2D eigenvalue weighted by molar-refractivity contribution is 5.93. The molecule has 1 amide bonds. The van der Waals surface area contributed by atoms with Crippen molar-refractivity contribution in [3.05, 3.63) is 81.8 Å². The number of ether oxygens (including phenoxy) is 1. The van der Waals surface area contributed by atoms with Gasteiger partial charge in [0.2, 0.25) is 0 Å². The first kappa shape index (κ1) is 18.2.